The van der Waals surface area contributed by atoms with E-state index in [2.05, 4.69) is 4.98 Å². The molecule has 1 aromatic heterocycles. The van der Waals surface area contributed by atoms with Gasteiger partial charge >= 0.3 is 6.18 Å². The van der Waals surface area contributed by atoms with Crippen LogP contribution in [0.15, 0.2) is 24.3 Å². The third-order valence-electron chi connectivity index (χ3n) is 2.48. The fourth-order valence-electron chi connectivity index (χ4n) is 1.81. The van der Waals surface area contributed by atoms with E-state index in [4.69, 9.17) is 0 Å². The van der Waals surface area contributed by atoms with Crippen molar-refractivity contribution in [1.82, 2.24) is 4.98 Å². The second-order valence-corrected chi connectivity index (χ2v) is 3.78. The summed E-state index contributed by atoms with van der Waals surface area (Å²) in [4.78, 5) is 3.98. The molecule has 0 aliphatic carbocycles. The molecule has 0 atom stereocenters. The molecule has 0 unspecified atom stereocenters. The molecule has 0 aliphatic heterocycles. The zero-order valence-corrected chi connectivity index (χ0v) is 8.89. The maximum Gasteiger partial charge on any atom is 0.418 e. The van der Waals surface area contributed by atoms with Gasteiger partial charge in [-0.05, 0) is 31.5 Å². The second kappa shape index (κ2) is 3.47. The molecule has 2 rings (SSSR count). The Balaban J connectivity index is 2.87. The molecule has 0 N–H and O–H groups in total. The van der Waals surface area contributed by atoms with Crippen LogP contribution < -0.4 is 0 Å². The molecule has 0 saturated heterocycles. The molecule has 0 radical (unpaired) electrons. The van der Waals surface area contributed by atoms with E-state index in [1.54, 1.807) is 26.0 Å². The third-order valence-corrected chi connectivity index (χ3v) is 2.48. The minimum absolute atomic E-state index is 0.0347. The minimum Gasteiger partial charge on any atom is -0.252 e. The molecule has 0 fully saturated rings. The van der Waals surface area contributed by atoms with E-state index in [9.17, 15) is 13.2 Å². The van der Waals surface area contributed by atoms with Crippen LogP contribution in [-0.2, 0) is 6.18 Å². The van der Waals surface area contributed by atoms with Gasteiger partial charge in [-0.3, -0.25) is 4.98 Å². The van der Waals surface area contributed by atoms with Gasteiger partial charge in [0, 0.05) is 11.1 Å². The number of para-hydroxylation sites is 1. The molecule has 0 spiro atoms. The number of aromatic nitrogens is 1. The summed E-state index contributed by atoms with van der Waals surface area (Å²) in [5.41, 5.74) is 0.777. The van der Waals surface area contributed by atoms with Crippen LogP contribution in [0, 0.1) is 13.8 Å². The van der Waals surface area contributed by atoms with E-state index in [-0.39, 0.29) is 5.52 Å². The van der Waals surface area contributed by atoms with Crippen LogP contribution in [0.3, 0.4) is 0 Å². The number of hydrogen-bond donors (Lipinski definition) is 0. The molecular formula is C12H10F3N. The van der Waals surface area contributed by atoms with Gasteiger partial charge in [0.05, 0.1) is 11.1 Å². The lowest BCUT2D eigenvalue weighted by Crippen LogP contribution is -2.07. The minimum atomic E-state index is -4.35. The summed E-state index contributed by atoms with van der Waals surface area (Å²) in [6, 6.07) is 5.91. The summed E-state index contributed by atoms with van der Waals surface area (Å²) in [5, 5.41) is 0.556. The van der Waals surface area contributed by atoms with Gasteiger partial charge in [-0.15, -0.1) is 0 Å². The highest BCUT2D eigenvalue weighted by Gasteiger charge is 2.33. The zero-order chi connectivity index (χ0) is 11.9. The molecule has 4 heteroatoms. The Hall–Kier alpha value is -1.58. The monoisotopic (exact) mass is 225 g/mol. The van der Waals surface area contributed by atoms with Gasteiger partial charge in [-0.2, -0.15) is 13.2 Å². The van der Waals surface area contributed by atoms with E-state index < -0.39 is 11.7 Å². The summed E-state index contributed by atoms with van der Waals surface area (Å²) in [6.45, 7) is 3.48. The average molecular weight is 225 g/mol. The molecule has 0 amide bonds. The molecule has 1 nitrogen and oxygen atoms in total. The van der Waals surface area contributed by atoms with Crippen LogP contribution in [0.4, 0.5) is 13.2 Å². The number of alkyl halides is 3. The van der Waals surface area contributed by atoms with Gasteiger partial charge in [-0.1, -0.05) is 12.1 Å². The summed E-state index contributed by atoms with van der Waals surface area (Å²) in [5.74, 6) is 0. The predicted molar refractivity (Wildman–Crippen MR) is 56.2 cm³/mol. The Morgan fingerprint density at radius 3 is 2.44 bits per heavy atom. The quantitative estimate of drug-likeness (QED) is 0.663. The molecular weight excluding hydrogens is 215 g/mol. The van der Waals surface area contributed by atoms with Gasteiger partial charge in [0.25, 0.3) is 0 Å². The molecule has 84 valence electrons. The number of pyridine rings is 1. The van der Waals surface area contributed by atoms with E-state index >= 15 is 0 Å². The lowest BCUT2D eigenvalue weighted by atomic mass is 10.0. The SMILES string of the molecule is Cc1cc(C)c2cccc(C(F)(F)F)c2n1. The molecule has 2 aromatic rings. The van der Waals surface area contributed by atoms with Crippen LogP contribution in [0.5, 0.6) is 0 Å². The summed E-state index contributed by atoms with van der Waals surface area (Å²) < 4.78 is 38.2. The molecule has 0 bridgehead atoms. The van der Waals surface area contributed by atoms with Gasteiger partial charge < -0.3 is 0 Å². The summed E-state index contributed by atoms with van der Waals surface area (Å²) >= 11 is 0. The lowest BCUT2D eigenvalue weighted by molar-refractivity contribution is -0.136. The Morgan fingerprint density at radius 1 is 1.12 bits per heavy atom. The second-order valence-electron chi connectivity index (χ2n) is 3.78. The fraction of sp³-hybridized carbons (Fsp3) is 0.250. The third kappa shape index (κ3) is 1.75. The number of nitrogens with zero attached hydrogens (tertiary/aromatic N) is 1. The topological polar surface area (TPSA) is 12.9 Å². The molecule has 1 aromatic carbocycles. The lowest BCUT2D eigenvalue weighted by Gasteiger charge is -2.11. The van der Waals surface area contributed by atoms with Gasteiger partial charge in [0.1, 0.15) is 0 Å². The highest BCUT2D eigenvalue weighted by atomic mass is 19.4. The van der Waals surface area contributed by atoms with Crippen molar-refractivity contribution in [1.29, 1.82) is 0 Å². The maximum atomic E-state index is 12.7. The normalized spacial score (nSPS) is 12.1. The fourth-order valence-corrected chi connectivity index (χ4v) is 1.81. The number of hydrogen-bond acceptors (Lipinski definition) is 1. The van der Waals surface area contributed by atoms with Crippen LogP contribution >= 0.6 is 0 Å². The maximum absolute atomic E-state index is 12.7. The first-order valence-electron chi connectivity index (χ1n) is 4.84. The van der Waals surface area contributed by atoms with Crippen LogP contribution in [0.1, 0.15) is 16.8 Å². The van der Waals surface area contributed by atoms with Crippen molar-refractivity contribution in [3.05, 3.63) is 41.1 Å². The van der Waals surface area contributed by atoms with Gasteiger partial charge in [0.15, 0.2) is 0 Å². The largest absolute Gasteiger partial charge is 0.418 e. The molecule has 1 heterocycles. The number of aryl methyl sites for hydroxylation is 2. The first kappa shape index (κ1) is 10.9. The van der Waals surface area contributed by atoms with Crippen LogP contribution in [0.25, 0.3) is 10.9 Å². The Morgan fingerprint density at radius 2 is 1.81 bits per heavy atom. The van der Waals surface area contributed by atoms with Crippen LogP contribution in [-0.4, -0.2) is 4.98 Å². The van der Waals surface area contributed by atoms with Crippen molar-refractivity contribution < 1.29 is 13.2 Å². The smallest absolute Gasteiger partial charge is 0.252 e. The molecule has 0 aliphatic rings. The zero-order valence-electron chi connectivity index (χ0n) is 8.89. The summed E-state index contributed by atoms with van der Waals surface area (Å²) in [6.07, 6.45) is -4.35. The number of benzene rings is 1. The van der Waals surface area contributed by atoms with E-state index in [1.165, 1.54) is 6.07 Å². The van der Waals surface area contributed by atoms with Gasteiger partial charge in [-0.25, -0.2) is 0 Å². The predicted octanol–water partition coefficient (Wildman–Crippen LogP) is 3.87. The van der Waals surface area contributed by atoms with E-state index in [1.807, 2.05) is 0 Å². The molecule has 0 saturated carbocycles. The average Bonchev–Trinajstić information content (AvgIpc) is 2.15. The van der Waals surface area contributed by atoms with Crippen molar-refractivity contribution in [2.45, 2.75) is 20.0 Å². The Bertz CT molecular complexity index is 544. The van der Waals surface area contributed by atoms with Crippen molar-refractivity contribution in [3.8, 4) is 0 Å². The Labute approximate surface area is 90.9 Å². The number of rotatable bonds is 0. The number of halogens is 3. The van der Waals surface area contributed by atoms with Crippen LogP contribution in [0.2, 0.25) is 0 Å². The van der Waals surface area contributed by atoms with Crippen molar-refractivity contribution in [2.75, 3.05) is 0 Å². The van der Waals surface area contributed by atoms with Crippen molar-refractivity contribution in [3.63, 3.8) is 0 Å². The summed E-state index contributed by atoms with van der Waals surface area (Å²) in [7, 11) is 0. The highest BCUT2D eigenvalue weighted by molar-refractivity contribution is 5.85. The highest BCUT2D eigenvalue weighted by Crippen LogP contribution is 2.34. The van der Waals surface area contributed by atoms with E-state index in [0.29, 0.717) is 11.1 Å². The molecule has 16 heavy (non-hydrogen) atoms. The standard InChI is InChI=1S/C12H10F3N/c1-7-6-8(2)16-11-9(7)4-3-5-10(11)12(13,14)15/h3-6H,1-2H3. The number of fused-ring (bicyclic) bond motifs is 1. The first-order valence-corrected chi connectivity index (χ1v) is 4.84. The van der Waals surface area contributed by atoms with Crippen molar-refractivity contribution in [2.24, 2.45) is 0 Å². The first-order chi connectivity index (χ1) is 7.39. The van der Waals surface area contributed by atoms with E-state index in [0.717, 1.165) is 11.6 Å². The Kier molecular flexibility index (Phi) is 2.37. The van der Waals surface area contributed by atoms with Crippen molar-refractivity contribution >= 4 is 10.9 Å². The van der Waals surface area contributed by atoms with Gasteiger partial charge in [0.2, 0.25) is 0 Å².